The Bertz CT molecular complexity index is 309. The maximum Gasteiger partial charge on any atom is 0.0757 e. The predicted octanol–water partition coefficient (Wildman–Crippen LogP) is 4.13. The van der Waals surface area contributed by atoms with Gasteiger partial charge in [0.1, 0.15) is 0 Å². The van der Waals surface area contributed by atoms with E-state index in [2.05, 4.69) is 52.0 Å². The predicted molar refractivity (Wildman–Crippen MR) is 70.4 cm³/mol. The van der Waals surface area contributed by atoms with E-state index < -0.39 is 0 Å². The van der Waals surface area contributed by atoms with Crippen molar-refractivity contribution < 1.29 is 4.74 Å². The summed E-state index contributed by atoms with van der Waals surface area (Å²) < 4.78 is 5.42. The largest absolute Gasteiger partial charge is 0.377 e. The van der Waals surface area contributed by atoms with Crippen LogP contribution in [0.4, 0.5) is 0 Å². The van der Waals surface area contributed by atoms with Crippen molar-refractivity contribution in [2.24, 2.45) is 11.8 Å². The number of ether oxygens (including phenoxy) is 1. The number of hydrogen-bond donors (Lipinski definition) is 0. The van der Waals surface area contributed by atoms with Gasteiger partial charge in [-0.15, -0.1) is 0 Å². The van der Waals surface area contributed by atoms with Crippen LogP contribution in [0.25, 0.3) is 0 Å². The molecule has 0 fully saturated rings. The average molecular weight is 220 g/mol. The molecule has 0 bridgehead atoms. The number of methoxy groups -OCH3 is 1. The number of rotatable bonds is 3. The standard InChI is InChI=1S/C15H24O/c1-6-11(2)7-8-15-12(3)9-14(16-5)10-13(15)4/h6-9,13-15H,10H2,1-5H3/b8-7+,11-6-. The van der Waals surface area contributed by atoms with Crippen LogP contribution in [0.3, 0.4) is 0 Å². The Hall–Kier alpha value is -0.820. The van der Waals surface area contributed by atoms with Gasteiger partial charge in [0.05, 0.1) is 6.10 Å². The molecule has 1 aliphatic rings. The van der Waals surface area contributed by atoms with E-state index in [4.69, 9.17) is 4.74 Å². The molecule has 1 nitrogen and oxygen atoms in total. The molecular weight excluding hydrogens is 196 g/mol. The molecule has 0 radical (unpaired) electrons. The third-order valence-corrected chi connectivity index (χ3v) is 3.52. The first-order valence-corrected chi connectivity index (χ1v) is 6.10. The van der Waals surface area contributed by atoms with E-state index in [0.717, 1.165) is 6.42 Å². The molecular formula is C15H24O. The molecule has 0 spiro atoms. The highest BCUT2D eigenvalue weighted by Crippen LogP contribution is 2.32. The summed E-state index contributed by atoms with van der Waals surface area (Å²) in [4.78, 5) is 0. The SMILES string of the molecule is C/C=C(C)\C=C\C1C(C)=CC(OC)CC1C. The molecule has 1 heteroatoms. The van der Waals surface area contributed by atoms with Crippen molar-refractivity contribution in [3.8, 4) is 0 Å². The van der Waals surface area contributed by atoms with Crippen LogP contribution in [-0.4, -0.2) is 13.2 Å². The molecule has 0 saturated carbocycles. The lowest BCUT2D eigenvalue weighted by Crippen LogP contribution is -2.24. The van der Waals surface area contributed by atoms with Crippen molar-refractivity contribution in [1.29, 1.82) is 0 Å². The van der Waals surface area contributed by atoms with Gasteiger partial charge >= 0.3 is 0 Å². The van der Waals surface area contributed by atoms with Gasteiger partial charge in [0.25, 0.3) is 0 Å². The fourth-order valence-electron chi connectivity index (χ4n) is 2.29. The molecule has 0 saturated heterocycles. The molecule has 0 amide bonds. The zero-order valence-electron chi connectivity index (χ0n) is 11.2. The Balaban J connectivity index is 2.77. The van der Waals surface area contributed by atoms with Crippen molar-refractivity contribution >= 4 is 0 Å². The molecule has 0 heterocycles. The highest BCUT2D eigenvalue weighted by atomic mass is 16.5. The fourth-order valence-corrected chi connectivity index (χ4v) is 2.29. The second kappa shape index (κ2) is 6.05. The van der Waals surface area contributed by atoms with Gasteiger partial charge in [-0.1, -0.05) is 42.4 Å². The minimum absolute atomic E-state index is 0.308. The van der Waals surface area contributed by atoms with Crippen LogP contribution in [0.15, 0.2) is 35.5 Å². The van der Waals surface area contributed by atoms with E-state index >= 15 is 0 Å². The van der Waals surface area contributed by atoms with Crippen LogP contribution in [-0.2, 0) is 4.74 Å². The van der Waals surface area contributed by atoms with Gasteiger partial charge in [-0.05, 0) is 33.1 Å². The van der Waals surface area contributed by atoms with Crippen molar-refractivity contribution in [3.63, 3.8) is 0 Å². The van der Waals surface area contributed by atoms with Crippen LogP contribution in [0.1, 0.15) is 34.1 Å². The molecule has 3 atom stereocenters. The molecule has 3 unspecified atom stereocenters. The number of allylic oxidation sites excluding steroid dienone is 5. The van der Waals surface area contributed by atoms with Gasteiger partial charge in [0.2, 0.25) is 0 Å². The normalized spacial score (nSPS) is 31.9. The summed E-state index contributed by atoms with van der Waals surface area (Å²) in [6.45, 7) is 8.73. The lowest BCUT2D eigenvalue weighted by molar-refractivity contribution is 0.106. The summed E-state index contributed by atoms with van der Waals surface area (Å²) in [5.74, 6) is 1.23. The van der Waals surface area contributed by atoms with E-state index in [1.165, 1.54) is 11.1 Å². The van der Waals surface area contributed by atoms with Gasteiger partial charge in [-0.25, -0.2) is 0 Å². The first-order valence-electron chi connectivity index (χ1n) is 6.10. The zero-order chi connectivity index (χ0) is 12.1. The first-order chi connectivity index (χ1) is 7.58. The van der Waals surface area contributed by atoms with Crippen molar-refractivity contribution in [2.75, 3.05) is 7.11 Å². The van der Waals surface area contributed by atoms with E-state index in [0.29, 0.717) is 17.9 Å². The molecule has 0 aromatic carbocycles. The van der Waals surface area contributed by atoms with E-state index in [-0.39, 0.29) is 0 Å². The van der Waals surface area contributed by atoms with Crippen LogP contribution >= 0.6 is 0 Å². The third-order valence-electron chi connectivity index (χ3n) is 3.52. The molecule has 1 aliphatic carbocycles. The Morgan fingerprint density at radius 1 is 1.50 bits per heavy atom. The molecule has 0 aromatic rings. The number of hydrogen-bond acceptors (Lipinski definition) is 1. The summed E-state index contributed by atoms with van der Waals surface area (Å²) in [5.41, 5.74) is 2.76. The third kappa shape index (κ3) is 3.34. The summed E-state index contributed by atoms with van der Waals surface area (Å²) in [6, 6.07) is 0. The van der Waals surface area contributed by atoms with Gasteiger partial charge in [0.15, 0.2) is 0 Å². The lowest BCUT2D eigenvalue weighted by Gasteiger charge is -2.30. The van der Waals surface area contributed by atoms with Crippen LogP contribution in [0.5, 0.6) is 0 Å². The van der Waals surface area contributed by atoms with Crippen LogP contribution in [0, 0.1) is 11.8 Å². The summed E-state index contributed by atoms with van der Waals surface area (Å²) in [7, 11) is 1.79. The van der Waals surface area contributed by atoms with Crippen molar-refractivity contribution in [1.82, 2.24) is 0 Å². The van der Waals surface area contributed by atoms with Crippen LogP contribution < -0.4 is 0 Å². The van der Waals surface area contributed by atoms with Gasteiger partial charge < -0.3 is 4.74 Å². The Labute approximate surface area is 99.9 Å². The zero-order valence-corrected chi connectivity index (χ0v) is 11.2. The molecule has 0 aromatic heterocycles. The summed E-state index contributed by atoms with van der Waals surface area (Å²) in [5, 5.41) is 0. The Morgan fingerprint density at radius 2 is 2.19 bits per heavy atom. The second-order valence-corrected chi connectivity index (χ2v) is 4.82. The first kappa shape index (κ1) is 13.2. The summed E-state index contributed by atoms with van der Waals surface area (Å²) >= 11 is 0. The van der Waals surface area contributed by atoms with Gasteiger partial charge in [0, 0.05) is 13.0 Å². The maximum atomic E-state index is 5.42. The van der Waals surface area contributed by atoms with E-state index in [1.54, 1.807) is 7.11 Å². The second-order valence-electron chi connectivity index (χ2n) is 4.82. The van der Waals surface area contributed by atoms with Crippen LogP contribution in [0.2, 0.25) is 0 Å². The van der Waals surface area contributed by atoms with E-state index in [9.17, 15) is 0 Å². The highest BCUT2D eigenvalue weighted by Gasteiger charge is 2.24. The summed E-state index contributed by atoms with van der Waals surface area (Å²) in [6.07, 6.45) is 10.4. The van der Waals surface area contributed by atoms with Gasteiger partial charge in [-0.3, -0.25) is 0 Å². The van der Waals surface area contributed by atoms with Crippen molar-refractivity contribution in [3.05, 3.63) is 35.5 Å². The topological polar surface area (TPSA) is 9.23 Å². The monoisotopic (exact) mass is 220 g/mol. The van der Waals surface area contributed by atoms with Gasteiger partial charge in [-0.2, -0.15) is 0 Å². The maximum absolute atomic E-state index is 5.42. The quantitative estimate of drug-likeness (QED) is 0.513. The Kier molecular flexibility index (Phi) is 5.01. The fraction of sp³-hybridized carbons (Fsp3) is 0.600. The lowest BCUT2D eigenvalue weighted by atomic mass is 9.78. The van der Waals surface area contributed by atoms with Crippen molar-refractivity contribution in [2.45, 2.75) is 40.2 Å². The molecule has 1 rings (SSSR count). The van der Waals surface area contributed by atoms with E-state index in [1.807, 2.05) is 0 Å². The molecule has 16 heavy (non-hydrogen) atoms. The molecule has 0 N–H and O–H groups in total. The average Bonchev–Trinajstić information content (AvgIpc) is 2.27. The minimum atomic E-state index is 0.308. The Morgan fingerprint density at radius 3 is 2.69 bits per heavy atom. The molecule has 90 valence electrons. The highest BCUT2D eigenvalue weighted by molar-refractivity contribution is 5.23. The minimum Gasteiger partial charge on any atom is -0.377 e. The smallest absolute Gasteiger partial charge is 0.0757 e. The molecule has 0 aliphatic heterocycles.